The molecular weight excluding hydrogens is 414 g/mol. The van der Waals surface area contributed by atoms with Crippen LogP contribution >= 0.6 is 0 Å². The highest BCUT2D eigenvalue weighted by Gasteiger charge is 2.13. The highest BCUT2D eigenvalue weighted by atomic mass is 16.5. The Balaban J connectivity index is 2.22. The van der Waals surface area contributed by atoms with Crippen LogP contribution in [-0.2, 0) is 0 Å². The zero-order valence-corrected chi connectivity index (χ0v) is 21.9. The van der Waals surface area contributed by atoms with Crippen molar-refractivity contribution in [1.29, 1.82) is 0 Å². The first kappa shape index (κ1) is 29.3. The average molecular weight is 465 g/mol. The van der Waals surface area contributed by atoms with Gasteiger partial charge in [-0.3, -0.25) is 0 Å². The molecule has 0 saturated carbocycles. The summed E-state index contributed by atoms with van der Waals surface area (Å²) in [5.41, 5.74) is 0.204. The van der Waals surface area contributed by atoms with Gasteiger partial charge in [-0.25, -0.2) is 4.79 Å². The van der Waals surface area contributed by atoms with Crippen molar-refractivity contribution in [3.8, 4) is 11.5 Å². The zero-order valence-electron chi connectivity index (χ0n) is 21.9. The fourth-order valence-electron chi connectivity index (χ4n) is 3.89. The van der Waals surface area contributed by atoms with E-state index in [0.29, 0.717) is 24.7 Å². The predicted octanol–water partition coefficient (Wildman–Crippen LogP) is 7.33. The van der Waals surface area contributed by atoms with Crippen LogP contribution in [0.3, 0.4) is 0 Å². The molecule has 1 rings (SSSR count). The van der Waals surface area contributed by atoms with Crippen LogP contribution in [0.5, 0.6) is 11.5 Å². The third kappa shape index (κ3) is 15.7. The summed E-state index contributed by atoms with van der Waals surface area (Å²) in [5, 5.41) is 9.46. The molecule has 0 radical (unpaired) electrons. The van der Waals surface area contributed by atoms with Crippen LogP contribution in [0.4, 0.5) is 0 Å². The Kier molecular flexibility index (Phi) is 15.7. The van der Waals surface area contributed by atoms with Gasteiger partial charge < -0.3 is 19.1 Å². The van der Waals surface area contributed by atoms with Crippen LogP contribution in [0.2, 0.25) is 0 Å². The second kappa shape index (κ2) is 17.7. The lowest BCUT2D eigenvalue weighted by Gasteiger charge is -2.23. The lowest BCUT2D eigenvalue weighted by molar-refractivity contribution is -0.870. The normalized spacial score (nSPS) is 11.5. The molecule has 0 aliphatic heterocycles. The number of aromatic carboxylic acids is 1. The third-order valence-electron chi connectivity index (χ3n) is 5.93. The fourth-order valence-corrected chi connectivity index (χ4v) is 3.89. The van der Waals surface area contributed by atoms with Gasteiger partial charge in [0, 0.05) is 6.07 Å². The predicted molar refractivity (Wildman–Crippen MR) is 138 cm³/mol. The summed E-state index contributed by atoms with van der Waals surface area (Å²) in [5.74, 6) is 0.145. The van der Waals surface area contributed by atoms with Gasteiger partial charge in [-0.2, -0.15) is 0 Å². The first-order chi connectivity index (χ1) is 15.8. The molecule has 0 saturated heterocycles. The van der Waals surface area contributed by atoms with Gasteiger partial charge in [-0.05, 0) is 37.8 Å². The minimum atomic E-state index is -0.960. The van der Waals surface area contributed by atoms with Gasteiger partial charge in [-0.1, -0.05) is 71.1 Å². The average Bonchev–Trinajstić information content (AvgIpc) is 2.76. The van der Waals surface area contributed by atoms with Crippen molar-refractivity contribution in [1.82, 2.24) is 0 Å². The third-order valence-corrected chi connectivity index (χ3v) is 5.93. The number of nitrogens with zero attached hydrogens (tertiary/aromatic N) is 1. The number of quaternary nitrogens is 1. The van der Waals surface area contributed by atoms with Crippen LogP contribution < -0.4 is 9.47 Å². The van der Waals surface area contributed by atoms with Gasteiger partial charge in [0.1, 0.15) is 17.1 Å². The molecule has 5 nitrogen and oxygen atoms in total. The maximum absolute atomic E-state index is 11.5. The fraction of sp³-hybridized carbons (Fsp3) is 0.750. The van der Waals surface area contributed by atoms with E-state index in [0.717, 1.165) is 23.7 Å². The maximum atomic E-state index is 11.5. The Bertz CT molecular complexity index is 639. The minimum absolute atomic E-state index is 0.204. The lowest BCUT2D eigenvalue weighted by Crippen LogP contribution is -2.35. The van der Waals surface area contributed by atoms with Crippen LogP contribution in [0.15, 0.2) is 18.2 Å². The molecule has 0 aliphatic carbocycles. The maximum Gasteiger partial charge on any atom is 0.339 e. The SMILES string of the molecule is CCCCCCCCOc1ccc(C(=O)O)c(OCCCCCCCCCC[N+](C)(C)C)c1. The highest BCUT2D eigenvalue weighted by molar-refractivity contribution is 5.91. The van der Waals surface area contributed by atoms with E-state index in [9.17, 15) is 9.90 Å². The molecule has 1 aromatic carbocycles. The van der Waals surface area contributed by atoms with Gasteiger partial charge in [0.15, 0.2) is 0 Å². The number of carboxylic acid groups (broad SMARTS) is 1. The molecule has 0 spiro atoms. The van der Waals surface area contributed by atoms with Crippen LogP contribution in [0.1, 0.15) is 107 Å². The minimum Gasteiger partial charge on any atom is -0.493 e. The highest BCUT2D eigenvalue weighted by Crippen LogP contribution is 2.26. The summed E-state index contributed by atoms with van der Waals surface area (Å²) in [7, 11) is 6.75. The Morgan fingerprint density at radius 1 is 0.758 bits per heavy atom. The van der Waals surface area contributed by atoms with Gasteiger partial charge in [0.05, 0.1) is 40.9 Å². The molecule has 33 heavy (non-hydrogen) atoms. The summed E-state index contributed by atoms with van der Waals surface area (Å²) < 4.78 is 12.7. The van der Waals surface area contributed by atoms with E-state index >= 15 is 0 Å². The van der Waals surface area contributed by atoms with Gasteiger partial charge >= 0.3 is 5.97 Å². The number of unbranched alkanes of at least 4 members (excludes halogenated alkanes) is 12. The number of rotatable bonds is 21. The monoisotopic (exact) mass is 464 g/mol. The summed E-state index contributed by atoms with van der Waals surface area (Å²) >= 11 is 0. The molecule has 0 atom stereocenters. The molecular formula is C28H50NO4+. The number of hydrogen-bond acceptors (Lipinski definition) is 3. The smallest absolute Gasteiger partial charge is 0.339 e. The lowest BCUT2D eigenvalue weighted by atomic mass is 10.1. The molecule has 1 N–H and O–H groups in total. The molecule has 0 amide bonds. The van der Waals surface area contributed by atoms with E-state index in [-0.39, 0.29) is 5.56 Å². The number of carboxylic acids is 1. The topological polar surface area (TPSA) is 55.8 Å². The Morgan fingerprint density at radius 2 is 1.27 bits per heavy atom. The summed E-state index contributed by atoms with van der Waals surface area (Å²) in [6.07, 6.45) is 17.1. The quantitative estimate of drug-likeness (QED) is 0.153. The van der Waals surface area contributed by atoms with Crippen molar-refractivity contribution >= 4 is 5.97 Å². The van der Waals surface area contributed by atoms with E-state index in [4.69, 9.17) is 9.47 Å². The molecule has 1 aromatic rings. The number of benzene rings is 1. The Morgan fingerprint density at radius 3 is 1.82 bits per heavy atom. The molecule has 190 valence electrons. The largest absolute Gasteiger partial charge is 0.493 e. The van der Waals surface area contributed by atoms with Gasteiger partial charge in [0.2, 0.25) is 0 Å². The van der Waals surface area contributed by atoms with Gasteiger partial charge in [-0.15, -0.1) is 0 Å². The molecule has 0 unspecified atom stereocenters. The molecule has 0 heterocycles. The summed E-state index contributed by atoms with van der Waals surface area (Å²) in [4.78, 5) is 11.5. The van der Waals surface area contributed by atoms with Crippen molar-refractivity contribution in [2.45, 2.75) is 96.8 Å². The zero-order chi connectivity index (χ0) is 24.4. The van der Waals surface area contributed by atoms with Crippen LogP contribution in [0, 0.1) is 0 Å². The van der Waals surface area contributed by atoms with Gasteiger partial charge in [0.25, 0.3) is 0 Å². The van der Waals surface area contributed by atoms with Crippen molar-refractivity contribution in [3.63, 3.8) is 0 Å². The first-order valence-electron chi connectivity index (χ1n) is 13.3. The van der Waals surface area contributed by atoms with Crippen LogP contribution in [-0.4, -0.2) is 56.5 Å². The van der Waals surface area contributed by atoms with E-state index in [1.165, 1.54) is 77.2 Å². The molecule has 0 bridgehead atoms. The second-order valence-corrected chi connectivity index (χ2v) is 10.3. The number of hydrogen-bond donors (Lipinski definition) is 1. The summed E-state index contributed by atoms with van der Waals surface area (Å²) in [6.45, 7) is 4.68. The van der Waals surface area contributed by atoms with Crippen molar-refractivity contribution < 1.29 is 23.9 Å². The number of ether oxygens (including phenoxy) is 2. The van der Waals surface area contributed by atoms with E-state index in [1.807, 2.05) is 0 Å². The first-order valence-corrected chi connectivity index (χ1v) is 13.3. The van der Waals surface area contributed by atoms with E-state index in [1.54, 1.807) is 18.2 Å². The van der Waals surface area contributed by atoms with Crippen molar-refractivity contribution in [2.75, 3.05) is 40.9 Å². The van der Waals surface area contributed by atoms with E-state index in [2.05, 4.69) is 28.1 Å². The number of carbonyl (C=O) groups is 1. The standard InChI is InChI=1S/C28H49NO4/c1-5-6-7-8-14-17-22-32-25-19-20-26(28(30)31)27(24-25)33-23-18-15-12-10-9-11-13-16-21-29(2,3)4/h19-20,24H,5-18,21-23H2,1-4H3/p+1. The summed E-state index contributed by atoms with van der Waals surface area (Å²) in [6, 6.07) is 5.05. The Hall–Kier alpha value is -1.75. The molecule has 0 aromatic heterocycles. The second-order valence-electron chi connectivity index (χ2n) is 10.3. The van der Waals surface area contributed by atoms with E-state index < -0.39 is 5.97 Å². The molecule has 5 heteroatoms. The molecule has 0 fully saturated rings. The molecule has 0 aliphatic rings. The van der Waals surface area contributed by atoms with Crippen molar-refractivity contribution in [3.05, 3.63) is 23.8 Å². The Labute approximate surface area is 203 Å². The van der Waals surface area contributed by atoms with Crippen LogP contribution in [0.25, 0.3) is 0 Å². The van der Waals surface area contributed by atoms with Crippen molar-refractivity contribution in [2.24, 2.45) is 0 Å².